The van der Waals surface area contributed by atoms with E-state index in [-0.39, 0.29) is 17.8 Å². The van der Waals surface area contributed by atoms with Gasteiger partial charge in [-0.3, -0.25) is 4.79 Å². The van der Waals surface area contributed by atoms with Gasteiger partial charge in [0.2, 0.25) is 5.88 Å². The first-order valence-corrected chi connectivity index (χ1v) is 12.2. The molecule has 37 heavy (non-hydrogen) atoms. The largest absolute Gasteiger partial charge is 0.493 e. The number of aromatic hydroxyl groups is 1. The highest BCUT2D eigenvalue weighted by Crippen LogP contribution is 2.38. The Balaban J connectivity index is 1.33. The number of aryl methyl sites for hydroxylation is 2. The summed E-state index contributed by atoms with van der Waals surface area (Å²) in [6.45, 7) is 3.99. The molecule has 0 aliphatic heterocycles. The summed E-state index contributed by atoms with van der Waals surface area (Å²) in [6, 6.07) is 30.9. The molecule has 0 aliphatic carbocycles. The highest BCUT2D eigenvalue weighted by molar-refractivity contribution is 5.96. The number of nitrogens with one attached hydrogen (secondary N) is 2. The van der Waals surface area contributed by atoms with Gasteiger partial charge in [0.1, 0.15) is 0 Å². The number of amides is 1. The predicted octanol–water partition coefficient (Wildman–Crippen LogP) is 7.62. The number of carbonyl (C=O) groups is 1. The van der Waals surface area contributed by atoms with Crippen molar-refractivity contribution in [1.29, 1.82) is 0 Å². The molecular formula is C31H28N4O2. The molecule has 0 unspecified atom stereocenters. The van der Waals surface area contributed by atoms with Crippen LogP contribution in [-0.2, 0) is 6.42 Å². The first-order valence-electron chi connectivity index (χ1n) is 12.2. The van der Waals surface area contributed by atoms with Crippen LogP contribution in [0.3, 0.4) is 0 Å². The van der Waals surface area contributed by atoms with Crippen LogP contribution in [0.25, 0.3) is 10.9 Å². The fourth-order valence-electron chi connectivity index (χ4n) is 4.54. The molecule has 1 amide bonds. The number of fused-ring (bicyclic) bond motifs is 1. The highest BCUT2D eigenvalue weighted by atomic mass is 16.3. The lowest BCUT2D eigenvalue weighted by molar-refractivity contribution is 0.0936. The van der Waals surface area contributed by atoms with E-state index >= 15 is 0 Å². The van der Waals surface area contributed by atoms with Crippen LogP contribution in [0.5, 0.6) is 5.88 Å². The van der Waals surface area contributed by atoms with E-state index in [9.17, 15) is 9.90 Å². The van der Waals surface area contributed by atoms with Crippen molar-refractivity contribution in [2.24, 2.45) is 10.2 Å². The second-order valence-corrected chi connectivity index (χ2v) is 9.20. The molecule has 0 radical (unpaired) electrons. The number of rotatable bonds is 7. The van der Waals surface area contributed by atoms with E-state index in [1.807, 2.05) is 74.5 Å². The van der Waals surface area contributed by atoms with Crippen molar-refractivity contribution in [3.8, 4) is 5.88 Å². The van der Waals surface area contributed by atoms with E-state index in [1.165, 1.54) is 0 Å². The number of azo groups is 1. The average Bonchev–Trinajstić information content (AvgIpc) is 3.23. The Morgan fingerprint density at radius 1 is 0.892 bits per heavy atom. The molecule has 0 fully saturated rings. The third-order valence-corrected chi connectivity index (χ3v) is 6.39. The van der Waals surface area contributed by atoms with Crippen molar-refractivity contribution in [3.05, 3.63) is 125 Å². The third kappa shape index (κ3) is 5.43. The van der Waals surface area contributed by atoms with Crippen LogP contribution in [0.15, 0.2) is 107 Å². The van der Waals surface area contributed by atoms with Gasteiger partial charge in [0.25, 0.3) is 5.91 Å². The molecule has 1 heterocycles. The van der Waals surface area contributed by atoms with E-state index < -0.39 is 0 Å². The monoisotopic (exact) mass is 488 g/mol. The maximum absolute atomic E-state index is 13.1. The van der Waals surface area contributed by atoms with Crippen LogP contribution in [0.2, 0.25) is 0 Å². The quantitative estimate of drug-likeness (QED) is 0.206. The number of hydrogen-bond donors (Lipinski definition) is 3. The fourth-order valence-corrected chi connectivity index (χ4v) is 4.54. The van der Waals surface area contributed by atoms with Crippen molar-refractivity contribution in [3.63, 3.8) is 0 Å². The molecule has 6 nitrogen and oxygen atoms in total. The van der Waals surface area contributed by atoms with Gasteiger partial charge in [-0.25, -0.2) is 0 Å². The second kappa shape index (κ2) is 10.5. The number of benzene rings is 4. The zero-order valence-corrected chi connectivity index (χ0v) is 20.8. The van der Waals surface area contributed by atoms with Gasteiger partial charge in [0.15, 0.2) is 5.69 Å². The fraction of sp³-hybridized carbons (Fsp3) is 0.129. The highest BCUT2D eigenvalue weighted by Gasteiger charge is 2.17. The number of H-pyrrole nitrogens is 1. The van der Waals surface area contributed by atoms with E-state index in [0.717, 1.165) is 33.2 Å². The lowest BCUT2D eigenvalue weighted by atomic mass is 9.98. The zero-order valence-electron chi connectivity index (χ0n) is 20.8. The predicted molar refractivity (Wildman–Crippen MR) is 147 cm³/mol. The molecule has 0 aliphatic rings. The smallest absolute Gasteiger partial charge is 0.251 e. The number of carbonyl (C=O) groups excluding carboxylic acids is 1. The molecular weight excluding hydrogens is 460 g/mol. The SMILES string of the molecule is Cc1cc(C)c2[nH]c(O)c(N=Nc3ccc(C(=O)N[C@H](Cc4ccccc4)c4ccccc4)cc3)c2c1. The van der Waals surface area contributed by atoms with Gasteiger partial charge in [-0.05, 0) is 67.3 Å². The number of nitrogens with zero attached hydrogens (tertiary/aromatic N) is 2. The van der Waals surface area contributed by atoms with E-state index in [2.05, 4.69) is 32.7 Å². The molecule has 5 aromatic rings. The van der Waals surface area contributed by atoms with Gasteiger partial charge in [-0.2, -0.15) is 5.11 Å². The molecule has 6 heteroatoms. The summed E-state index contributed by atoms with van der Waals surface area (Å²) in [6.07, 6.45) is 0.690. The maximum atomic E-state index is 13.1. The van der Waals surface area contributed by atoms with Crippen LogP contribution in [-0.4, -0.2) is 16.0 Å². The number of aromatic amines is 1. The van der Waals surface area contributed by atoms with Crippen molar-refractivity contribution in [2.45, 2.75) is 26.3 Å². The summed E-state index contributed by atoms with van der Waals surface area (Å²) in [5.74, 6) is -0.178. The van der Waals surface area contributed by atoms with Crippen molar-refractivity contribution in [1.82, 2.24) is 10.3 Å². The lowest BCUT2D eigenvalue weighted by Crippen LogP contribution is -2.29. The van der Waals surface area contributed by atoms with Gasteiger partial charge in [-0.15, -0.1) is 5.11 Å². The van der Waals surface area contributed by atoms with Crippen LogP contribution in [0, 0.1) is 13.8 Å². The summed E-state index contributed by atoms with van der Waals surface area (Å²) >= 11 is 0. The second-order valence-electron chi connectivity index (χ2n) is 9.20. The summed E-state index contributed by atoms with van der Waals surface area (Å²) in [4.78, 5) is 16.1. The van der Waals surface area contributed by atoms with Crippen LogP contribution >= 0.6 is 0 Å². The molecule has 3 N–H and O–H groups in total. The number of aromatic nitrogens is 1. The first kappa shape index (κ1) is 24.0. The van der Waals surface area contributed by atoms with Crippen molar-refractivity contribution >= 4 is 28.2 Å². The van der Waals surface area contributed by atoms with Crippen LogP contribution in [0.4, 0.5) is 11.4 Å². The Hall–Kier alpha value is -4.71. The summed E-state index contributed by atoms with van der Waals surface area (Å²) < 4.78 is 0. The molecule has 0 bridgehead atoms. The summed E-state index contributed by atoms with van der Waals surface area (Å²) in [7, 11) is 0. The zero-order chi connectivity index (χ0) is 25.8. The Morgan fingerprint density at radius 2 is 1.57 bits per heavy atom. The van der Waals surface area contributed by atoms with Gasteiger partial charge in [0, 0.05) is 10.9 Å². The molecule has 1 aromatic heterocycles. The Kier molecular flexibility index (Phi) is 6.81. The minimum atomic E-state index is -0.160. The third-order valence-electron chi connectivity index (χ3n) is 6.39. The maximum Gasteiger partial charge on any atom is 0.251 e. The van der Waals surface area contributed by atoms with Crippen LogP contribution < -0.4 is 5.32 Å². The van der Waals surface area contributed by atoms with E-state index in [0.29, 0.717) is 23.4 Å². The van der Waals surface area contributed by atoms with Gasteiger partial charge in [0.05, 0.1) is 17.2 Å². The Morgan fingerprint density at radius 3 is 2.27 bits per heavy atom. The standard InChI is InChI=1S/C31H28N4O2/c1-20-17-21(2)28-26(18-20)29(31(37)33-28)35-34-25-15-13-24(14-16-25)30(36)32-27(23-11-7-4-8-12-23)19-22-9-5-3-6-10-22/h3-18,27,33,37H,19H2,1-2H3,(H,32,36)/t27-/m1/s1. The minimum absolute atomic E-state index is 0.0196. The summed E-state index contributed by atoms with van der Waals surface area (Å²) in [5.41, 5.74) is 6.67. The Labute approximate surface area is 215 Å². The molecule has 0 saturated carbocycles. The van der Waals surface area contributed by atoms with E-state index in [4.69, 9.17) is 0 Å². The van der Waals surface area contributed by atoms with Crippen LogP contribution in [0.1, 0.15) is 38.7 Å². The molecule has 4 aromatic carbocycles. The first-order chi connectivity index (χ1) is 18.0. The molecule has 1 atom stereocenters. The average molecular weight is 489 g/mol. The molecule has 0 saturated heterocycles. The number of hydrogen-bond acceptors (Lipinski definition) is 4. The van der Waals surface area contributed by atoms with E-state index in [1.54, 1.807) is 24.3 Å². The Bertz CT molecular complexity index is 1560. The van der Waals surface area contributed by atoms with Crippen molar-refractivity contribution < 1.29 is 9.90 Å². The summed E-state index contributed by atoms with van der Waals surface area (Å²) in [5, 5.41) is 23.0. The topological polar surface area (TPSA) is 89.8 Å². The molecule has 184 valence electrons. The van der Waals surface area contributed by atoms with Gasteiger partial charge < -0.3 is 15.4 Å². The lowest BCUT2D eigenvalue weighted by Gasteiger charge is -2.19. The molecule has 0 spiro atoms. The van der Waals surface area contributed by atoms with Gasteiger partial charge in [-0.1, -0.05) is 72.3 Å². The molecule has 5 rings (SSSR count). The van der Waals surface area contributed by atoms with Gasteiger partial charge >= 0.3 is 0 Å². The van der Waals surface area contributed by atoms with Crippen molar-refractivity contribution in [2.75, 3.05) is 0 Å². The normalized spacial score (nSPS) is 12.2. The minimum Gasteiger partial charge on any atom is -0.493 e.